The van der Waals surface area contributed by atoms with Crippen molar-refractivity contribution in [3.8, 4) is 0 Å². The fourth-order valence-electron chi connectivity index (χ4n) is 2.39. The van der Waals surface area contributed by atoms with E-state index in [0.29, 0.717) is 10.5 Å². The van der Waals surface area contributed by atoms with Crippen molar-refractivity contribution >= 4 is 21.6 Å². The minimum absolute atomic E-state index is 0.162. The van der Waals surface area contributed by atoms with Crippen LogP contribution >= 0.6 is 15.9 Å². The van der Waals surface area contributed by atoms with E-state index >= 15 is 0 Å². The molecule has 1 aromatic rings. The van der Waals surface area contributed by atoms with Gasteiger partial charge in [-0.3, -0.25) is 0 Å². The lowest BCUT2D eigenvalue weighted by atomic mass is 9.99. The van der Waals surface area contributed by atoms with Crippen LogP contribution in [0.3, 0.4) is 0 Å². The predicted molar refractivity (Wildman–Crippen MR) is 64.4 cm³/mol. The summed E-state index contributed by atoms with van der Waals surface area (Å²) in [6, 6.07) is 4.05. The largest absolute Gasteiger partial charge is 0.377 e. The predicted octanol–water partition coefficient (Wildman–Crippen LogP) is 2.74. The fourth-order valence-corrected chi connectivity index (χ4v) is 2.72. The molecule has 1 saturated heterocycles. The molecule has 0 bridgehead atoms. The maximum absolute atomic E-state index is 13.4. The second-order valence-electron chi connectivity index (χ2n) is 4.38. The van der Waals surface area contributed by atoms with Crippen LogP contribution < -0.4 is 4.90 Å². The molecule has 0 radical (unpaired) electrons. The Kier molecular flexibility index (Phi) is 2.64. The lowest BCUT2D eigenvalue weighted by Gasteiger charge is -2.42. The summed E-state index contributed by atoms with van der Waals surface area (Å²) in [7, 11) is 0. The van der Waals surface area contributed by atoms with Crippen LogP contribution in [0.2, 0.25) is 0 Å². The molecule has 0 amide bonds. The topological polar surface area (TPSA) is 12.5 Å². The molecule has 1 aromatic carbocycles. The minimum Gasteiger partial charge on any atom is -0.377 e. The molecule has 0 aliphatic carbocycles. The van der Waals surface area contributed by atoms with Crippen LogP contribution in [0.1, 0.15) is 12.0 Å². The molecule has 2 aliphatic rings. The molecule has 2 nitrogen and oxygen atoms in total. The Morgan fingerprint density at radius 2 is 2.19 bits per heavy atom. The molecule has 3 rings (SSSR count). The average molecular weight is 286 g/mol. The number of nitrogens with zero attached hydrogens (tertiary/aromatic N) is 1. The highest BCUT2D eigenvalue weighted by Gasteiger charge is 2.30. The van der Waals surface area contributed by atoms with Gasteiger partial charge in [0.05, 0.1) is 23.7 Å². The van der Waals surface area contributed by atoms with Crippen molar-refractivity contribution in [3.05, 3.63) is 28.0 Å². The van der Waals surface area contributed by atoms with Crippen molar-refractivity contribution in [1.29, 1.82) is 0 Å². The van der Waals surface area contributed by atoms with Crippen molar-refractivity contribution in [2.24, 2.45) is 0 Å². The SMILES string of the molecule is Fc1cc2c(cc1Br)N(C1COC1)CCC2. The van der Waals surface area contributed by atoms with Gasteiger partial charge in [-0.1, -0.05) is 0 Å². The van der Waals surface area contributed by atoms with Gasteiger partial charge in [0.2, 0.25) is 0 Å². The fraction of sp³-hybridized carbons (Fsp3) is 0.500. The first-order valence-electron chi connectivity index (χ1n) is 5.58. The maximum atomic E-state index is 13.4. The summed E-state index contributed by atoms with van der Waals surface area (Å²) in [4.78, 5) is 2.35. The van der Waals surface area contributed by atoms with Gasteiger partial charge in [0.25, 0.3) is 0 Å². The van der Waals surface area contributed by atoms with E-state index < -0.39 is 0 Å². The summed E-state index contributed by atoms with van der Waals surface area (Å²) in [6.45, 7) is 2.65. The number of fused-ring (bicyclic) bond motifs is 1. The number of aryl methyl sites for hydroxylation is 1. The molecule has 16 heavy (non-hydrogen) atoms. The van der Waals surface area contributed by atoms with Crippen LogP contribution in [0.15, 0.2) is 16.6 Å². The second-order valence-corrected chi connectivity index (χ2v) is 5.24. The van der Waals surface area contributed by atoms with Crippen molar-refractivity contribution in [3.63, 3.8) is 0 Å². The van der Waals surface area contributed by atoms with Gasteiger partial charge in [0, 0.05) is 12.2 Å². The zero-order chi connectivity index (χ0) is 11.1. The van der Waals surface area contributed by atoms with Crippen molar-refractivity contribution in [2.45, 2.75) is 18.9 Å². The third kappa shape index (κ3) is 1.64. The molecule has 86 valence electrons. The maximum Gasteiger partial charge on any atom is 0.137 e. The second kappa shape index (κ2) is 4.00. The minimum atomic E-state index is -0.162. The number of hydrogen-bond acceptors (Lipinski definition) is 2. The Hall–Kier alpha value is -0.610. The molecule has 2 heterocycles. The van der Waals surface area contributed by atoms with E-state index in [1.54, 1.807) is 6.07 Å². The summed E-state index contributed by atoms with van der Waals surface area (Å²) >= 11 is 3.26. The zero-order valence-corrected chi connectivity index (χ0v) is 10.5. The van der Waals surface area contributed by atoms with Gasteiger partial charge < -0.3 is 9.64 Å². The first-order valence-corrected chi connectivity index (χ1v) is 6.37. The molecule has 0 saturated carbocycles. The average Bonchev–Trinajstić information content (AvgIpc) is 2.18. The zero-order valence-electron chi connectivity index (χ0n) is 8.88. The number of anilines is 1. The van der Waals surface area contributed by atoms with Crippen molar-refractivity contribution in [1.82, 2.24) is 0 Å². The van der Waals surface area contributed by atoms with Gasteiger partial charge in [-0.25, -0.2) is 4.39 Å². The van der Waals surface area contributed by atoms with Gasteiger partial charge in [-0.2, -0.15) is 0 Å². The highest BCUT2D eigenvalue weighted by Crippen LogP contribution is 2.34. The number of halogens is 2. The van der Waals surface area contributed by atoms with Crippen molar-refractivity contribution in [2.75, 3.05) is 24.7 Å². The van der Waals surface area contributed by atoms with Crippen LogP contribution in [0.5, 0.6) is 0 Å². The quantitative estimate of drug-likeness (QED) is 0.787. The molecular formula is C12H13BrFNO. The summed E-state index contributed by atoms with van der Waals surface area (Å²) in [6.07, 6.45) is 2.08. The third-order valence-electron chi connectivity index (χ3n) is 3.34. The van der Waals surface area contributed by atoms with Gasteiger partial charge >= 0.3 is 0 Å². The summed E-state index contributed by atoms with van der Waals surface area (Å²) < 4.78 is 19.2. The molecule has 0 N–H and O–H groups in total. The highest BCUT2D eigenvalue weighted by atomic mass is 79.9. The Labute approximate surface area is 103 Å². The van der Waals surface area contributed by atoms with Crippen LogP contribution in [-0.2, 0) is 11.2 Å². The summed E-state index contributed by atoms with van der Waals surface area (Å²) in [5, 5.41) is 0. The molecule has 0 aromatic heterocycles. The number of hydrogen-bond donors (Lipinski definition) is 0. The van der Waals surface area contributed by atoms with E-state index in [1.165, 1.54) is 5.69 Å². The first kappa shape index (κ1) is 10.5. The Balaban J connectivity index is 2.00. The molecule has 0 spiro atoms. The van der Waals surface area contributed by atoms with Crippen LogP contribution in [-0.4, -0.2) is 25.8 Å². The Morgan fingerprint density at radius 1 is 1.38 bits per heavy atom. The van der Waals surface area contributed by atoms with E-state index in [0.717, 1.165) is 38.2 Å². The monoisotopic (exact) mass is 285 g/mol. The van der Waals surface area contributed by atoms with E-state index in [2.05, 4.69) is 20.8 Å². The van der Waals surface area contributed by atoms with Gasteiger partial charge in [-0.15, -0.1) is 0 Å². The highest BCUT2D eigenvalue weighted by molar-refractivity contribution is 9.10. The Morgan fingerprint density at radius 3 is 2.88 bits per heavy atom. The molecular weight excluding hydrogens is 273 g/mol. The summed E-state index contributed by atoms with van der Waals surface area (Å²) in [5.41, 5.74) is 2.30. The van der Waals surface area contributed by atoms with E-state index in [-0.39, 0.29) is 5.82 Å². The smallest absolute Gasteiger partial charge is 0.137 e. The third-order valence-corrected chi connectivity index (χ3v) is 3.95. The number of benzene rings is 1. The standard InChI is InChI=1S/C12H13BrFNO/c13-10-5-12-8(4-11(10)14)2-1-3-15(12)9-6-16-7-9/h4-5,9H,1-3,6-7H2. The number of ether oxygens (including phenoxy) is 1. The molecule has 0 unspecified atom stereocenters. The molecule has 0 atom stereocenters. The molecule has 4 heteroatoms. The summed E-state index contributed by atoms with van der Waals surface area (Å²) in [5.74, 6) is -0.162. The van der Waals surface area contributed by atoms with Gasteiger partial charge in [-0.05, 0) is 46.5 Å². The van der Waals surface area contributed by atoms with E-state index in [9.17, 15) is 4.39 Å². The Bertz CT molecular complexity index is 420. The number of rotatable bonds is 1. The molecule has 2 aliphatic heterocycles. The lowest BCUT2D eigenvalue weighted by molar-refractivity contribution is 0.00755. The first-order chi connectivity index (χ1) is 7.75. The van der Waals surface area contributed by atoms with Crippen molar-refractivity contribution < 1.29 is 9.13 Å². The van der Waals surface area contributed by atoms with Gasteiger partial charge in [0.1, 0.15) is 5.82 Å². The molecule has 1 fully saturated rings. The van der Waals surface area contributed by atoms with E-state index in [4.69, 9.17) is 4.74 Å². The lowest BCUT2D eigenvalue weighted by Crippen LogP contribution is -2.51. The van der Waals surface area contributed by atoms with Crippen LogP contribution in [0.4, 0.5) is 10.1 Å². The normalized spacial score (nSPS) is 20.5. The van der Waals surface area contributed by atoms with E-state index in [1.807, 2.05) is 6.07 Å². The van der Waals surface area contributed by atoms with Crippen LogP contribution in [0, 0.1) is 5.82 Å². The van der Waals surface area contributed by atoms with Gasteiger partial charge in [0.15, 0.2) is 0 Å². The van der Waals surface area contributed by atoms with Crippen LogP contribution in [0.25, 0.3) is 0 Å².